The molecule has 0 saturated heterocycles. The Labute approximate surface area is 82.2 Å². The minimum atomic E-state index is -0.698. The summed E-state index contributed by atoms with van der Waals surface area (Å²) in [7, 11) is 0. The maximum Gasteiger partial charge on any atom is 0.253 e. The van der Waals surface area contributed by atoms with Crippen molar-refractivity contribution in [2.24, 2.45) is 5.73 Å². The normalized spacial score (nSPS) is 12.9. The molecule has 5 heteroatoms. The summed E-state index contributed by atoms with van der Waals surface area (Å²) in [5, 5.41) is 9.32. The Bertz CT molecular complexity index is 373. The van der Waals surface area contributed by atoms with Crippen molar-refractivity contribution >= 4 is 0 Å². The first-order valence-electron chi connectivity index (χ1n) is 4.48. The summed E-state index contributed by atoms with van der Waals surface area (Å²) in [5.41, 5.74) is 5.80. The highest BCUT2D eigenvalue weighted by molar-refractivity contribution is 5.01. The van der Waals surface area contributed by atoms with Gasteiger partial charge in [0.1, 0.15) is 5.82 Å². The van der Waals surface area contributed by atoms with Gasteiger partial charge in [0.2, 0.25) is 0 Å². The lowest BCUT2D eigenvalue weighted by molar-refractivity contribution is 0.159. The molecule has 14 heavy (non-hydrogen) atoms. The highest BCUT2D eigenvalue weighted by Gasteiger charge is 2.07. The minimum absolute atomic E-state index is 0.139. The summed E-state index contributed by atoms with van der Waals surface area (Å²) < 4.78 is 1.42. The van der Waals surface area contributed by atoms with Gasteiger partial charge in [-0.25, -0.2) is 4.98 Å². The quantitative estimate of drug-likeness (QED) is 0.663. The van der Waals surface area contributed by atoms with Crippen molar-refractivity contribution in [3.63, 3.8) is 0 Å². The average molecular weight is 197 g/mol. The third kappa shape index (κ3) is 2.40. The number of aromatic nitrogens is 2. The van der Waals surface area contributed by atoms with Crippen LogP contribution in [0.4, 0.5) is 0 Å². The van der Waals surface area contributed by atoms with E-state index >= 15 is 0 Å². The van der Waals surface area contributed by atoms with Gasteiger partial charge in [0.05, 0.1) is 12.6 Å². The van der Waals surface area contributed by atoms with Crippen molar-refractivity contribution in [1.82, 2.24) is 9.55 Å². The largest absolute Gasteiger partial charge is 0.390 e. The van der Waals surface area contributed by atoms with Gasteiger partial charge in [0, 0.05) is 18.3 Å². The number of nitrogens with zero attached hydrogens (tertiary/aromatic N) is 2. The summed E-state index contributed by atoms with van der Waals surface area (Å²) in [6, 6.07) is 1.44. The van der Waals surface area contributed by atoms with Gasteiger partial charge < -0.3 is 10.8 Å². The molecule has 0 spiro atoms. The fourth-order valence-electron chi connectivity index (χ4n) is 1.27. The van der Waals surface area contributed by atoms with Gasteiger partial charge in [0.15, 0.2) is 0 Å². The molecule has 0 aliphatic carbocycles. The van der Waals surface area contributed by atoms with Crippen LogP contribution in [0, 0.1) is 13.8 Å². The summed E-state index contributed by atoms with van der Waals surface area (Å²) >= 11 is 0. The molecule has 5 nitrogen and oxygen atoms in total. The first kappa shape index (κ1) is 10.9. The Morgan fingerprint density at radius 1 is 1.64 bits per heavy atom. The minimum Gasteiger partial charge on any atom is -0.390 e. The number of rotatable bonds is 3. The summed E-state index contributed by atoms with van der Waals surface area (Å²) in [5.74, 6) is 0.600. The van der Waals surface area contributed by atoms with E-state index in [-0.39, 0.29) is 18.6 Å². The van der Waals surface area contributed by atoms with E-state index in [2.05, 4.69) is 4.98 Å². The van der Waals surface area contributed by atoms with E-state index in [1.54, 1.807) is 13.8 Å². The van der Waals surface area contributed by atoms with Crippen molar-refractivity contribution in [3.05, 3.63) is 27.9 Å². The third-order valence-electron chi connectivity index (χ3n) is 1.99. The summed E-state index contributed by atoms with van der Waals surface area (Å²) in [6.07, 6.45) is -0.698. The van der Waals surface area contributed by atoms with Crippen LogP contribution in [-0.2, 0) is 6.54 Å². The van der Waals surface area contributed by atoms with Crippen LogP contribution in [0.1, 0.15) is 11.5 Å². The van der Waals surface area contributed by atoms with Crippen molar-refractivity contribution in [1.29, 1.82) is 0 Å². The molecule has 0 fully saturated rings. The second-order valence-corrected chi connectivity index (χ2v) is 3.28. The van der Waals surface area contributed by atoms with Crippen molar-refractivity contribution in [2.75, 3.05) is 6.54 Å². The van der Waals surface area contributed by atoms with Crippen LogP contribution in [0.25, 0.3) is 0 Å². The molecule has 0 radical (unpaired) electrons. The van der Waals surface area contributed by atoms with Gasteiger partial charge in [-0.2, -0.15) is 0 Å². The Morgan fingerprint density at radius 2 is 2.29 bits per heavy atom. The third-order valence-corrected chi connectivity index (χ3v) is 1.99. The van der Waals surface area contributed by atoms with Gasteiger partial charge in [-0.05, 0) is 13.8 Å². The molecule has 0 aromatic carbocycles. The summed E-state index contributed by atoms with van der Waals surface area (Å²) in [6.45, 7) is 3.84. The van der Waals surface area contributed by atoms with Crippen LogP contribution >= 0.6 is 0 Å². The SMILES string of the molecule is Cc1cc(=O)n(CC(O)CN)c(C)n1. The second-order valence-electron chi connectivity index (χ2n) is 3.28. The molecule has 1 aromatic rings. The molecule has 1 aromatic heterocycles. The smallest absolute Gasteiger partial charge is 0.253 e. The summed E-state index contributed by atoms with van der Waals surface area (Å²) in [4.78, 5) is 15.6. The zero-order valence-corrected chi connectivity index (χ0v) is 8.40. The van der Waals surface area contributed by atoms with Crippen LogP contribution < -0.4 is 11.3 Å². The highest BCUT2D eigenvalue weighted by atomic mass is 16.3. The molecule has 0 aliphatic heterocycles. The molecular weight excluding hydrogens is 182 g/mol. The number of nitrogens with two attached hydrogens (primary N) is 1. The lowest BCUT2D eigenvalue weighted by Gasteiger charge is -2.12. The van der Waals surface area contributed by atoms with Crippen molar-refractivity contribution in [2.45, 2.75) is 26.5 Å². The zero-order valence-electron chi connectivity index (χ0n) is 8.40. The molecule has 0 bridgehead atoms. The maximum absolute atomic E-state index is 11.5. The van der Waals surface area contributed by atoms with Gasteiger partial charge in [-0.15, -0.1) is 0 Å². The standard InChI is InChI=1S/C9H15N3O2/c1-6-3-9(14)12(7(2)11-6)5-8(13)4-10/h3,8,13H,4-5,10H2,1-2H3. The molecule has 0 aliphatic rings. The van der Waals surface area contributed by atoms with Crippen LogP contribution in [0.2, 0.25) is 0 Å². The fourth-order valence-corrected chi connectivity index (χ4v) is 1.27. The predicted octanol–water partition coefficient (Wildman–Crippen LogP) is -0.820. The Morgan fingerprint density at radius 3 is 2.79 bits per heavy atom. The molecular formula is C9H15N3O2. The van der Waals surface area contributed by atoms with E-state index in [0.29, 0.717) is 11.5 Å². The molecule has 3 N–H and O–H groups in total. The van der Waals surface area contributed by atoms with E-state index in [4.69, 9.17) is 5.73 Å². The van der Waals surface area contributed by atoms with E-state index in [1.807, 2.05) is 0 Å². The van der Waals surface area contributed by atoms with Crippen LogP contribution in [-0.4, -0.2) is 27.3 Å². The van der Waals surface area contributed by atoms with Crippen LogP contribution in [0.15, 0.2) is 10.9 Å². The molecule has 1 heterocycles. The molecule has 78 valence electrons. The van der Waals surface area contributed by atoms with E-state index in [1.165, 1.54) is 10.6 Å². The van der Waals surface area contributed by atoms with E-state index in [0.717, 1.165) is 0 Å². The van der Waals surface area contributed by atoms with Crippen molar-refractivity contribution < 1.29 is 5.11 Å². The number of hydrogen-bond donors (Lipinski definition) is 2. The Kier molecular flexibility index (Phi) is 3.38. The molecule has 1 atom stereocenters. The molecule has 1 unspecified atom stereocenters. The first-order valence-corrected chi connectivity index (χ1v) is 4.48. The second kappa shape index (κ2) is 4.34. The highest BCUT2D eigenvalue weighted by Crippen LogP contribution is 1.95. The lowest BCUT2D eigenvalue weighted by atomic mass is 10.3. The topological polar surface area (TPSA) is 81.1 Å². The molecule has 0 amide bonds. The zero-order chi connectivity index (χ0) is 10.7. The van der Waals surface area contributed by atoms with Gasteiger partial charge >= 0.3 is 0 Å². The number of aryl methyl sites for hydroxylation is 2. The van der Waals surface area contributed by atoms with Gasteiger partial charge in [-0.3, -0.25) is 9.36 Å². The number of aliphatic hydroxyl groups excluding tert-OH is 1. The molecule has 0 saturated carbocycles. The Balaban J connectivity index is 3.03. The fraction of sp³-hybridized carbons (Fsp3) is 0.556. The number of hydrogen-bond acceptors (Lipinski definition) is 4. The van der Waals surface area contributed by atoms with Gasteiger partial charge in [0.25, 0.3) is 5.56 Å². The van der Waals surface area contributed by atoms with E-state index < -0.39 is 6.10 Å². The monoisotopic (exact) mass is 197 g/mol. The first-order chi connectivity index (χ1) is 6.54. The van der Waals surface area contributed by atoms with Crippen molar-refractivity contribution in [3.8, 4) is 0 Å². The van der Waals surface area contributed by atoms with Crippen LogP contribution in [0.5, 0.6) is 0 Å². The predicted molar refractivity (Wildman–Crippen MR) is 53.0 cm³/mol. The average Bonchev–Trinajstić information content (AvgIpc) is 2.10. The number of aliphatic hydroxyl groups is 1. The van der Waals surface area contributed by atoms with Crippen LogP contribution in [0.3, 0.4) is 0 Å². The molecule has 1 rings (SSSR count). The van der Waals surface area contributed by atoms with Gasteiger partial charge in [-0.1, -0.05) is 0 Å². The Hall–Kier alpha value is -1.20. The lowest BCUT2D eigenvalue weighted by Crippen LogP contribution is -2.32. The van der Waals surface area contributed by atoms with E-state index in [9.17, 15) is 9.90 Å². The maximum atomic E-state index is 11.5.